The van der Waals surface area contributed by atoms with Crippen LogP contribution in [0.3, 0.4) is 0 Å². The molecule has 10 heteroatoms. The van der Waals surface area contributed by atoms with Gasteiger partial charge in [-0.25, -0.2) is 14.4 Å². The molecule has 0 saturated heterocycles. The number of carboxylic acid groups (broad SMARTS) is 1. The minimum Gasteiger partial charge on any atom is -0.481 e. The molecule has 2 N–H and O–H groups in total. The van der Waals surface area contributed by atoms with Gasteiger partial charge >= 0.3 is 5.97 Å². The summed E-state index contributed by atoms with van der Waals surface area (Å²) < 4.78 is 11.5. The third-order valence-corrected chi connectivity index (χ3v) is 7.84. The Morgan fingerprint density at radius 1 is 0.953 bits per heavy atom. The highest BCUT2D eigenvalue weighted by molar-refractivity contribution is 5.66. The van der Waals surface area contributed by atoms with Gasteiger partial charge in [0.15, 0.2) is 5.94 Å². The Hall–Kier alpha value is -3.80. The van der Waals surface area contributed by atoms with E-state index in [1.807, 2.05) is 83.8 Å². The predicted molar refractivity (Wildman–Crippen MR) is 166 cm³/mol. The molecule has 0 aliphatic heterocycles. The second-order valence-corrected chi connectivity index (χ2v) is 11.5. The van der Waals surface area contributed by atoms with Gasteiger partial charge in [-0.15, -0.1) is 0 Å². The standard InChI is InChI=1S/C33H49N3O7/c1-10-24(6)33(28(42-9)16-17-30(40)41)35(7)27(19-38)31(22(2)3)34-26(18-37)32(23(4)5)36(8)29(20-39)43-21-25-14-12-11-13-15-25/h11-15,22-24,28,31-34H,10,16-17,21H2,1-9H3,(H,40,41)/t24-,28+,31-,32-,33-/m0/s1. The first kappa shape index (κ1) is 37.2. The molecule has 0 saturated carbocycles. The van der Waals surface area contributed by atoms with E-state index in [4.69, 9.17) is 9.47 Å². The number of nitrogens with zero attached hydrogens (tertiary/aromatic N) is 2. The third kappa shape index (κ3) is 10.8. The SMILES string of the molecule is CC[C@H](C)[C@@H]([C@@H](CCC(=O)O)OC)N(C)C(=C=O)[C@@H](NC(=C=O)[C@H](C(C)C)N(C)C(=C=O)OCc1ccccc1)C(C)C. The number of carbonyl (C=O) groups is 1. The van der Waals surface area contributed by atoms with E-state index in [2.05, 4.69) is 11.3 Å². The average molecular weight is 600 g/mol. The predicted octanol–water partition coefficient (Wildman–Crippen LogP) is 4.10. The first-order valence-corrected chi connectivity index (χ1v) is 14.8. The summed E-state index contributed by atoms with van der Waals surface area (Å²) in [5.41, 5.74) is 1.27. The van der Waals surface area contributed by atoms with Crippen LogP contribution in [0.4, 0.5) is 0 Å². The lowest BCUT2D eigenvalue weighted by molar-refractivity contribution is -0.138. The van der Waals surface area contributed by atoms with E-state index in [0.717, 1.165) is 12.0 Å². The van der Waals surface area contributed by atoms with Gasteiger partial charge in [0.05, 0.1) is 24.2 Å². The molecule has 5 atom stereocenters. The first-order valence-electron chi connectivity index (χ1n) is 14.8. The van der Waals surface area contributed by atoms with Gasteiger partial charge in [0.25, 0.3) is 5.88 Å². The van der Waals surface area contributed by atoms with Crippen LogP contribution in [0, 0.1) is 17.8 Å². The van der Waals surface area contributed by atoms with Crippen LogP contribution in [-0.2, 0) is 35.3 Å². The Balaban J connectivity index is 3.40. The Bertz CT molecular complexity index is 1170. The molecule has 238 valence electrons. The molecular formula is C33H49N3O7. The maximum absolute atomic E-state index is 12.6. The van der Waals surface area contributed by atoms with E-state index in [9.17, 15) is 24.3 Å². The molecule has 0 aliphatic carbocycles. The van der Waals surface area contributed by atoms with Crippen molar-refractivity contribution >= 4 is 23.8 Å². The molecule has 0 bridgehead atoms. The quantitative estimate of drug-likeness (QED) is 0.167. The van der Waals surface area contributed by atoms with Crippen molar-refractivity contribution < 1.29 is 33.8 Å². The number of likely N-dealkylation sites (N-methyl/N-ethyl adjacent to an activating group) is 2. The molecule has 43 heavy (non-hydrogen) atoms. The molecular weight excluding hydrogens is 550 g/mol. The topological polar surface area (TPSA) is 125 Å². The van der Waals surface area contributed by atoms with Gasteiger partial charge in [0.1, 0.15) is 29.9 Å². The molecule has 10 nitrogen and oxygen atoms in total. The van der Waals surface area contributed by atoms with E-state index in [1.54, 1.807) is 23.9 Å². The number of ether oxygens (including phenoxy) is 2. The highest BCUT2D eigenvalue weighted by Crippen LogP contribution is 2.28. The number of carboxylic acids is 1. The Morgan fingerprint density at radius 2 is 1.58 bits per heavy atom. The van der Waals surface area contributed by atoms with E-state index in [-0.39, 0.29) is 60.5 Å². The second kappa shape index (κ2) is 18.7. The van der Waals surface area contributed by atoms with Crippen LogP contribution < -0.4 is 5.32 Å². The zero-order valence-corrected chi connectivity index (χ0v) is 27.0. The van der Waals surface area contributed by atoms with E-state index < -0.39 is 24.2 Å². The number of hydrogen-bond donors (Lipinski definition) is 2. The van der Waals surface area contributed by atoms with E-state index >= 15 is 0 Å². The Labute approximate surface area is 256 Å². The van der Waals surface area contributed by atoms with Crippen molar-refractivity contribution in [2.75, 3.05) is 21.2 Å². The van der Waals surface area contributed by atoms with Gasteiger partial charge in [-0.1, -0.05) is 78.3 Å². The van der Waals surface area contributed by atoms with Gasteiger partial charge < -0.3 is 29.7 Å². The Kier molecular flexibility index (Phi) is 16.2. The fourth-order valence-corrected chi connectivity index (χ4v) is 5.37. The van der Waals surface area contributed by atoms with Gasteiger partial charge in [-0.2, -0.15) is 0 Å². The van der Waals surface area contributed by atoms with Crippen molar-refractivity contribution in [1.29, 1.82) is 0 Å². The summed E-state index contributed by atoms with van der Waals surface area (Å²) in [5, 5.41) is 12.5. The van der Waals surface area contributed by atoms with Gasteiger partial charge in [-0.3, -0.25) is 4.79 Å². The van der Waals surface area contributed by atoms with Crippen molar-refractivity contribution in [3.05, 3.63) is 53.2 Å². The van der Waals surface area contributed by atoms with Crippen molar-refractivity contribution in [3.8, 4) is 0 Å². The molecule has 0 radical (unpaired) electrons. The third-order valence-electron chi connectivity index (χ3n) is 7.84. The van der Waals surface area contributed by atoms with E-state index in [0.29, 0.717) is 0 Å². The molecule has 1 aromatic carbocycles. The summed E-state index contributed by atoms with van der Waals surface area (Å²) in [4.78, 5) is 51.7. The molecule has 0 spiro atoms. The number of rotatable bonds is 20. The maximum Gasteiger partial charge on any atom is 0.303 e. The molecule has 0 fully saturated rings. The molecule has 0 unspecified atom stereocenters. The molecule has 1 aromatic rings. The van der Waals surface area contributed by atoms with Gasteiger partial charge in [-0.05, 0) is 29.7 Å². The maximum atomic E-state index is 12.6. The normalized spacial score (nSPS) is 14.3. The Morgan fingerprint density at radius 3 is 2.02 bits per heavy atom. The van der Waals surface area contributed by atoms with Crippen LogP contribution in [-0.4, -0.2) is 84.1 Å². The summed E-state index contributed by atoms with van der Waals surface area (Å²) >= 11 is 0. The molecule has 1 rings (SSSR count). The summed E-state index contributed by atoms with van der Waals surface area (Å²) in [6.07, 6.45) is 0.479. The fraction of sp³-hybridized carbons (Fsp3) is 0.606. The van der Waals surface area contributed by atoms with Gasteiger partial charge in [0.2, 0.25) is 0 Å². The lowest BCUT2D eigenvalue weighted by atomic mass is 9.88. The number of methoxy groups -OCH3 is 1. The summed E-state index contributed by atoms with van der Waals surface area (Å²) in [6.45, 7) is 11.8. The second-order valence-electron chi connectivity index (χ2n) is 11.5. The lowest BCUT2D eigenvalue weighted by Gasteiger charge is -2.42. The minimum absolute atomic E-state index is 0.0394. The lowest BCUT2D eigenvalue weighted by Crippen LogP contribution is -2.53. The average Bonchev–Trinajstić information content (AvgIpc) is 2.98. The van der Waals surface area contributed by atoms with Crippen LogP contribution >= 0.6 is 0 Å². The van der Waals surface area contributed by atoms with E-state index in [1.165, 1.54) is 7.11 Å². The van der Waals surface area contributed by atoms with Crippen LogP contribution in [0.2, 0.25) is 0 Å². The largest absolute Gasteiger partial charge is 0.481 e. The summed E-state index contributed by atoms with van der Waals surface area (Å²) in [6, 6.07) is 7.72. The van der Waals surface area contributed by atoms with Crippen molar-refractivity contribution in [2.45, 2.75) is 91.6 Å². The zero-order chi connectivity index (χ0) is 32.7. The van der Waals surface area contributed by atoms with Gasteiger partial charge in [0, 0.05) is 27.6 Å². The monoisotopic (exact) mass is 599 g/mol. The number of aliphatic carboxylic acids is 1. The smallest absolute Gasteiger partial charge is 0.303 e. The molecule has 0 heterocycles. The van der Waals surface area contributed by atoms with Crippen molar-refractivity contribution in [2.24, 2.45) is 17.8 Å². The highest BCUT2D eigenvalue weighted by atomic mass is 16.5. The number of hydrogen-bond acceptors (Lipinski definition) is 9. The minimum atomic E-state index is -0.929. The van der Waals surface area contributed by atoms with Crippen LogP contribution in [0.25, 0.3) is 0 Å². The molecule has 0 aliphatic rings. The number of nitrogens with one attached hydrogen (secondary N) is 1. The highest BCUT2D eigenvalue weighted by Gasteiger charge is 2.37. The van der Waals surface area contributed by atoms with Crippen LogP contribution in [0.15, 0.2) is 47.6 Å². The summed E-state index contributed by atoms with van der Waals surface area (Å²) in [5.74, 6) is 4.66. The molecule has 0 aromatic heterocycles. The van der Waals surface area contributed by atoms with Crippen LogP contribution in [0.1, 0.15) is 66.4 Å². The number of benzene rings is 1. The zero-order valence-electron chi connectivity index (χ0n) is 27.0. The fourth-order valence-electron chi connectivity index (χ4n) is 5.37. The summed E-state index contributed by atoms with van der Waals surface area (Å²) in [7, 11) is 4.95. The van der Waals surface area contributed by atoms with Crippen molar-refractivity contribution in [3.63, 3.8) is 0 Å². The van der Waals surface area contributed by atoms with Crippen molar-refractivity contribution in [1.82, 2.24) is 15.1 Å². The molecule has 0 amide bonds. The first-order chi connectivity index (χ1) is 20.4. The number of carbonyl (C=O) groups excluding carboxylic acids is 3. The van der Waals surface area contributed by atoms with Crippen LogP contribution in [0.5, 0.6) is 0 Å².